The highest BCUT2D eigenvalue weighted by molar-refractivity contribution is 7.71. The van der Waals surface area contributed by atoms with Gasteiger partial charge in [-0.25, -0.2) is 9.37 Å². The first-order chi connectivity index (χ1) is 9.04. The van der Waals surface area contributed by atoms with E-state index in [1.807, 2.05) is 16.9 Å². The molecule has 0 fully saturated rings. The van der Waals surface area contributed by atoms with Crippen LogP contribution in [0.2, 0.25) is 5.02 Å². The fourth-order valence-corrected chi connectivity index (χ4v) is 2.99. The lowest BCUT2D eigenvalue weighted by molar-refractivity contribution is 0.629. The van der Waals surface area contributed by atoms with Crippen molar-refractivity contribution in [3.05, 3.63) is 43.8 Å². The Labute approximate surface area is 122 Å². The molecular weight excluding hydrogens is 305 g/mol. The number of benzene rings is 1. The molecule has 2 heterocycles. The minimum Gasteiger partial charge on any atom is -0.330 e. The number of fused-ring (bicyclic) bond motifs is 1. The molecule has 0 radical (unpaired) electrons. The molecule has 3 nitrogen and oxygen atoms in total. The number of aromatic amines is 1. The van der Waals surface area contributed by atoms with Gasteiger partial charge in [0.05, 0.1) is 33.3 Å². The van der Waals surface area contributed by atoms with E-state index in [0.717, 1.165) is 16.2 Å². The lowest BCUT2D eigenvalue weighted by atomic mass is 10.3. The predicted octanol–water partition coefficient (Wildman–Crippen LogP) is 4.30. The molecule has 1 aromatic carbocycles. The fourth-order valence-electron chi connectivity index (χ4n) is 1.95. The monoisotopic (exact) mass is 313 g/mol. The van der Waals surface area contributed by atoms with Crippen LogP contribution < -0.4 is 0 Å². The van der Waals surface area contributed by atoms with E-state index in [1.165, 1.54) is 6.07 Å². The number of hydrogen-bond donors (Lipinski definition) is 1. The largest absolute Gasteiger partial charge is 0.330 e. The van der Waals surface area contributed by atoms with E-state index in [0.29, 0.717) is 16.8 Å². The number of nitrogens with zero attached hydrogens (tertiary/aromatic N) is 2. The third kappa shape index (κ3) is 2.31. The maximum absolute atomic E-state index is 13.4. The molecule has 0 atom stereocenters. The van der Waals surface area contributed by atoms with Crippen molar-refractivity contribution >= 4 is 46.2 Å². The van der Waals surface area contributed by atoms with E-state index in [4.69, 9.17) is 23.8 Å². The molecule has 0 amide bonds. The van der Waals surface area contributed by atoms with Gasteiger partial charge in [0, 0.05) is 11.4 Å². The van der Waals surface area contributed by atoms with Crippen LogP contribution in [0.3, 0.4) is 0 Å². The summed E-state index contributed by atoms with van der Waals surface area (Å²) in [5.41, 5.74) is 2.35. The molecule has 98 valence electrons. The summed E-state index contributed by atoms with van der Waals surface area (Å²) in [7, 11) is 0. The van der Waals surface area contributed by atoms with Gasteiger partial charge in [0.2, 0.25) is 0 Å². The SMILES string of the molecule is Cc1nc(Cn2c(=S)[nH]c3cc(F)c(Cl)cc32)cs1. The second-order valence-electron chi connectivity index (χ2n) is 4.16. The second kappa shape index (κ2) is 4.70. The van der Waals surface area contributed by atoms with E-state index < -0.39 is 5.82 Å². The first-order valence-corrected chi connectivity index (χ1v) is 7.20. The molecule has 0 saturated carbocycles. The molecule has 1 N–H and O–H groups in total. The normalized spacial score (nSPS) is 11.3. The zero-order chi connectivity index (χ0) is 13.6. The van der Waals surface area contributed by atoms with Gasteiger partial charge < -0.3 is 9.55 Å². The number of aryl methyl sites for hydroxylation is 1. The van der Waals surface area contributed by atoms with Crippen molar-refractivity contribution in [2.75, 3.05) is 0 Å². The van der Waals surface area contributed by atoms with Crippen LogP contribution in [0.25, 0.3) is 11.0 Å². The highest BCUT2D eigenvalue weighted by Crippen LogP contribution is 2.23. The summed E-state index contributed by atoms with van der Waals surface area (Å²) < 4.78 is 15.8. The standard InChI is InChI=1S/C12H9ClFN3S2/c1-6-15-7(5-19-6)4-17-11-2-8(13)9(14)3-10(11)16-12(17)18/h2-3,5H,4H2,1H3,(H,16,18). The molecule has 7 heteroatoms. The number of hydrogen-bond acceptors (Lipinski definition) is 3. The summed E-state index contributed by atoms with van der Waals surface area (Å²) in [6.45, 7) is 2.50. The van der Waals surface area contributed by atoms with Crippen LogP contribution in [0.1, 0.15) is 10.7 Å². The van der Waals surface area contributed by atoms with Gasteiger partial charge in [0.15, 0.2) is 4.77 Å². The van der Waals surface area contributed by atoms with Gasteiger partial charge in [0.1, 0.15) is 5.82 Å². The average molecular weight is 314 g/mol. The zero-order valence-corrected chi connectivity index (χ0v) is 12.3. The van der Waals surface area contributed by atoms with E-state index in [1.54, 1.807) is 17.4 Å². The van der Waals surface area contributed by atoms with Crippen LogP contribution in [-0.2, 0) is 6.54 Å². The molecule has 0 unspecified atom stereocenters. The Morgan fingerprint density at radius 3 is 3.00 bits per heavy atom. The number of aromatic nitrogens is 3. The molecule has 2 aromatic heterocycles. The summed E-state index contributed by atoms with van der Waals surface area (Å²) >= 11 is 12.7. The minimum absolute atomic E-state index is 0.0877. The van der Waals surface area contributed by atoms with Gasteiger partial charge in [-0.05, 0) is 25.2 Å². The number of imidazole rings is 1. The highest BCUT2D eigenvalue weighted by Gasteiger charge is 2.10. The molecule has 3 aromatic rings. The lowest BCUT2D eigenvalue weighted by Crippen LogP contribution is -2.00. The van der Waals surface area contributed by atoms with Crippen molar-refractivity contribution < 1.29 is 4.39 Å². The van der Waals surface area contributed by atoms with Crippen molar-refractivity contribution in [2.24, 2.45) is 0 Å². The number of H-pyrrole nitrogens is 1. The maximum atomic E-state index is 13.4. The Balaban J connectivity index is 2.15. The van der Waals surface area contributed by atoms with Crippen molar-refractivity contribution in [1.82, 2.24) is 14.5 Å². The summed E-state index contributed by atoms with van der Waals surface area (Å²) in [6, 6.07) is 2.94. The molecule has 0 bridgehead atoms. The van der Waals surface area contributed by atoms with Gasteiger partial charge in [-0.3, -0.25) is 0 Å². The molecule has 0 aliphatic heterocycles. The Bertz CT molecular complexity index is 818. The van der Waals surface area contributed by atoms with Crippen LogP contribution in [0, 0.1) is 17.5 Å². The fraction of sp³-hybridized carbons (Fsp3) is 0.167. The van der Waals surface area contributed by atoms with Gasteiger partial charge in [-0.2, -0.15) is 0 Å². The highest BCUT2D eigenvalue weighted by atomic mass is 35.5. The minimum atomic E-state index is -0.456. The average Bonchev–Trinajstić information content (AvgIpc) is 2.87. The van der Waals surface area contributed by atoms with E-state index in [2.05, 4.69) is 9.97 Å². The first-order valence-electron chi connectivity index (χ1n) is 5.53. The maximum Gasteiger partial charge on any atom is 0.178 e. The Kier molecular flexibility index (Phi) is 3.16. The number of rotatable bonds is 2. The Hall–Kier alpha value is -1.24. The summed E-state index contributed by atoms with van der Waals surface area (Å²) in [5, 5.41) is 3.08. The van der Waals surface area contributed by atoms with Gasteiger partial charge >= 0.3 is 0 Å². The molecule has 19 heavy (non-hydrogen) atoms. The van der Waals surface area contributed by atoms with E-state index >= 15 is 0 Å². The van der Waals surface area contributed by atoms with Crippen LogP contribution in [0.5, 0.6) is 0 Å². The lowest BCUT2D eigenvalue weighted by Gasteiger charge is -2.02. The third-order valence-electron chi connectivity index (χ3n) is 2.80. The van der Waals surface area contributed by atoms with Crippen molar-refractivity contribution in [2.45, 2.75) is 13.5 Å². The van der Waals surface area contributed by atoms with Gasteiger partial charge in [-0.15, -0.1) is 11.3 Å². The van der Waals surface area contributed by atoms with Gasteiger partial charge in [-0.1, -0.05) is 11.6 Å². The van der Waals surface area contributed by atoms with Crippen LogP contribution in [-0.4, -0.2) is 14.5 Å². The van der Waals surface area contributed by atoms with Crippen LogP contribution >= 0.6 is 35.2 Å². The number of thiazole rings is 1. The summed E-state index contributed by atoms with van der Waals surface area (Å²) in [4.78, 5) is 7.38. The predicted molar refractivity (Wildman–Crippen MR) is 78.0 cm³/mol. The zero-order valence-electron chi connectivity index (χ0n) is 9.91. The van der Waals surface area contributed by atoms with Gasteiger partial charge in [0.25, 0.3) is 0 Å². The Morgan fingerprint density at radius 2 is 2.32 bits per heavy atom. The number of nitrogens with one attached hydrogen (secondary N) is 1. The van der Waals surface area contributed by atoms with Crippen LogP contribution in [0.15, 0.2) is 17.5 Å². The number of halogens is 2. The Morgan fingerprint density at radius 1 is 1.53 bits per heavy atom. The van der Waals surface area contributed by atoms with E-state index in [-0.39, 0.29) is 5.02 Å². The molecule has 0 aliphatic rings. The summed E-state index contributed by atoms with van der Waals surface area (Å²) in [6.07, 6.45) is 0. The van der Waals surface area contributed by atoms with Crippen molar-refractivity contribution in [3.8, 4) is 0 Å². The van der Waals surface area contributed by atoms with E-state index in [9.17, 15) is 4.39 Å². The van der Waals surface area contributed by atoms with Crippen LogP contribution in [0.4, 0.5) is 4.39 Å². The van der Waals surface area contributed by atoms with Crippen molar-refractivity contribution in [1.29, 1.82) is 0 Å². The third-order valence-corrected chi connectivity index (χ3v) is 4.24. The smallest absolute Gasteiger partial charge is 0.178 e. The van der Waals surface area contributed by atoms with Crippen molar-refractivity contribution in [3.63, 3.8) is 0 Å². The molecule has 0 aliphatic carbocycles. The summed E-state index contributed by atoms with van der Waals surface area (Å²) in [5.74, 6) is -0.456. The second-order valence-corrected chi connectivity index (χ2v) is 6.01. The molecule has 0 spiro atoms. The first kappa shape index (κ1) is 12.8. The quantitative estimate of drug-likeness (QED) is 0.715. The molecule has 3 rings (SSSR count). The molecule has 0 saturated heterocycles. The molecular formula is C12H9ClFN3S2. The topological polar surface area (TPSA) is 33.6 Å².